The van der Waals surface area contributed by atoms with Crippen molar-refractivity contribution in [3.63, 3.8) is 0 Å². The van der Waals surface area contributed by atoms with Gasteiger partial charge in [-0.2, -0.15) is 4.31 Å². The summed E-state index contributed by atoms with van der Waals surface area (Å²) in [5, 5.41) is 2.73. The normalized spacial score (nSPS) is 12.6. The Morgan fingerprint density at radius 3 is 2.33 bits per heavy atom. The summed E-state index contributed by atoms with van der Waals surface area (Å²) >= 11 is 0. The van der Waals surface area contributed by atoms with Crippen LogP contribution in [0.5, 0.6) is 5.75 Å². The summed E-state index contributed by atoms with van der Waals surface area (Å²) in [5.41, 5.74) is 1.05. The van der Waals surface area contributed by atoms with Gasteiger partial charge in [0, 0.05) is 18.8 Å². The predicted molar refractivity (Wildman–Crippen MR) is 106 cm³/mol. The van der Waals surface area contributed by atoms with Crippen LogP contribution in [0.2, 0.25) is 0 Å². The molecule has 2 aromatic rings. The third-order valence-corrected chi connectivity index (χ3v) is 6.40. The molecule has 0 aliphatic carbocycles. The lowest BCUT2D eigenvalue weighted by atomic mass is 10.2. The van der Waals surface area contributed by atoms with Crippen molar-refractivity contribution in [2.75, 3.05) is 18.4 Å². The van der Waals surface area contributed by atoms with Gasteiger partial charge >= 0.3 is 0 Å². The maximum atomic E-state index is 12.8. The minimum Gasteiger partial charge on any atom is -0.481 e. The predicted octanol–water partition coefficient (Wildman–Crippen LogP) is 3.43. The number of nitrogens with one attached hydrogen (secondary N) is 1. The fraction of sp³-hybridized carbons (Fsp3) is 0.350. The number of nitrogens with zero attached hydrogens (tertiary/aromatic N) is 1. The molecule has 6 nitrogen and oxygen atoms in total. The monoisotopic (exact) mass is 390 g/mol. The first-order chi connectivity index (χ1) is 12.8. The highest BCUT2D eigenvalue weighted by Crippen LogP contribution is 2.24. The zero-order chi connectivity index (χ0) is 20.0. The highest BCUT2D eigenvalue weighted by molar-refractivity contribution is 7.89. The summed E-state index contributed by atoms with van der Waals surface area (Å²) in [4.78, 5) is 12.6. The average Bonchev–Trinajstić information content (AvgIpc) is 2.64. The van der Waals surface area contributed by atoms with Crippen LogP contribution in [0.3, 0.4) is 0 Å². The maximum absolute atomic E-state index is 12.8. The van der Waals surface area contributed by atoms with Gasteiger partial charge in [-0.3, -0.25) is 4.79 Å². The Balaban J connectivity index is 2.19. The molecule has 1 amide bonds. The van der Waals surface area contributed by atoms with E-state index in [0.717, 1.165) is 0 Å². The minimum absolute atomic E-state index is 0.195. The van der Waals surface area contributed by atoms with E-state index in [-0.39, 0.29) is 10.8 Å². The molecule has 0 heterocycles. The van der Waals surface area contributed by atoms with Gasteiger partial charge in [-0.15, -0.1) is 0 Å². The molecule has 0 aromatic heterocycles. The quantitative estimate of drug-likeness (QED) is 0.749. The minimum atomic E-state index is -3.61. The van der Waals surface area contributed by atoms with Gasteiger partial charge < -0.3 is 10.1 Å². The van der Waals surface area contributed by atoms with Crippen LogP contribution in [-0.2, 0) is 14.8 Å². The Labute approximate surface area is 161 Å². The molecule has 0 radical (unpaired) electrons. The van der Waals surface area contributed by atoms with E-state index in [0.29, 0.717) is 30.1 Å². The molecule has 1 N–H and O–H groups in total. The second-order valence-corrected chi connectivity index (χ2v) is 8.04. The number of carbonyl (C=O) groups excluding carboxylic acids is 1. The van der Waals surface area contributed by atoms with E-state index in [1.807, 2.05) is 18.2 Å². The average molecular weight is 391 g/mol. The summed E-state index contributed by atoms with van der Waals surface area (Å²) in [6.07, 6.45) is -0.725. The van der Waals surface area contributed by atoms with E-state index in [2.05, 4.69) is 5.32 Å². The van der Waals surface area contributed by atoms with Crippen molar-refractivity contribution >= 4 is 21.6 Å². The number of rotatable bonds is 8. The number of aryl methyl sites for hydroxylation is 1. The Kier molecular flexibility index (Phi) is 6.98. The Morgan fingerprint density at radius 1 is 1.11 bits per heavy atom. The zero-order valence-corrected chi connectivity index (χ0v) is 16.9. The Bertz CT molecular complexity index is 878. The lowest BCUT2D eigenvalue weighted by molar-refractivity contribution is -0.122. The van der Waals surface area contributed by atoms with E-state index in [1.54, 1.807) is 52.0 Å². The van der Waals surface area contributed by atoms with E-state index in [1.165, 1.54) is 10.4 Å². The third-order valence-electron chi connectivity index (χ3n) is 4.20. The van der Waals surface area contributed by atoms with Crippen molar-refractivity contribution in [3.05, 3.63) is 54.1 Å². The summed E-state index contributed by atoms with van der Waals surface area (Å²) in [7, 11) is -3.61. The first kappa shape index (κ1) is 20.9. The van der Waals surface area contributed by atoms with Crippen LogP contribution in [0.4, 0.5) is 5.69 Å². The number of sulfonamides is 1. The molecular formula is C20H26N2O4S. The van der Waals surface area contributed by atoms with Gasteiger partial charge in [0.15, 0.2) is 6.10 Å². The zero-order valence-electron chi connectivity index (χ0n) is 16.1. The lowest BCUT2D eigenvalue weighted by Crippen LogP contribution is -2.32. The first-order valence-corrected chi connectivity index (χ1v) is 10.4. The van der Waals surface area contributed by atoms with Crippen molar-refractivity contribution in [2.45, 2.75) is 38.7 Å². The molecule has 0 aliphatic rings. The second-order valence-electron chi connectivity index (χ2n) is 6.13. The summed E-state index contributed by atoms with van der Waals surface area (Å²) in [6.45, 7) is 7.75. The van der Waals surface area contributed by atoms with Gasteiger partial charge in [0.05, 0.1) is 4.90 Å². The van der Waals surface area contributed by atoms with Crippen molar-refractivity contribution in [2.24, 2.45) is 0 Å². The molecule has 1 atom stereocenters. The number of carbonyl (C=O) groups is 1. The van der Waals surface area contributed by atoms with Crippen LogP contribution in [0.1, 0.15) is 26.3 Å². The van der Waals surface area contributed by atoms with Crippen LogP contribution in [0.15, 0.2) is 53.4 Å². The second kappa shape index (κ2) is 9.01. The molecule has 27 heavy (non-hydrogen) atoms. The molecule has 2 rings (SSSR count). The van der Waals surface area contributed by atoms with E-state index >= 15 is 0 Å². The van der Waals surface area contributed by atoms with Crippen molar-refractivity contribution in [3.8, 4) is 5.75 Å². The summed E-state index contributed by atoms with van der Waals surface area (Å²) in [6, 6.07) is 13.9. The summed E-state index contributed by atoms with van der Waals surface area (Å²) in [5.74, 6) is 0.239. The van der Waals surface area contributed by atoms with Gasteiger partial charge in [-0.25, -0.2) is 8.42 Å². The SMILES string of the molecule is CCN(CC)S(=O)(=O)c1cc(NC(=O)[C@H](C)Oc2ccccc2)ccc1C. The van der Waals surface area contributed by atoms with E-state index in [4.69, 9.17) is 4.74 Å². The maximum Gasteiger partial charge on any atom is 0.265 e. The van der Waals surface area contributed by atoms with Gasteiger partial charge in [0.2, 0.25) is 10.0 Å². The number of hydrogen-bond acceptors (Lipinski definition) is 4. The van der Waals surface area contributed by atoms with Crippen LogP contribution in [0, 0.1) is 6.92 Å². The topological polar surface area (TPSA) is 75.7 Å². The molecule has 0 unspecified atom stereocenters. The van der Waals surface area contributed by atoms with Gasteiger partial charge in [0.1, 0.15) is 5.75 Å². The largest absolute Gasteiger partial charge is 0.481 e. The highest BCUT2D eigenvalue weighted by Gasteiger charge is 2.24. The third kappa shape index (κ3) is 5.08. The number of amides is 1. The van der Waals surface area contributed by atoms with Crippen molar-refractivity contribution < 1.29 is 17.9 Å². The van der Waals surface area contributed by atoms with Gasteiger partial charge in [0.25, 0.3) is 5.91 Å². The first-order valence-electron chi connectivity index (χ1n) is 8.93. The molecule has 0 spiro atoms. The number of hydrogen-bond donors (Lipinski definition) is 1. The molecule has 146 valence electrons. The van der Waals surface area contributed by atoms with E-state index in [9.17, 15) is 13.2 Å². The fourth-order valence-electron chi connectivity index (χ4n) is 2.66. The molecule has 0 saturated heterocycles. The Morgan fingerprint density at radius 2 is 1.74 bits per heavy atom. The molecule has 2 aromatic carbocycles. The number of benzene rings is 2. The van der Waals surface area contributed by atoms with E-state index < -0.39 is 16.1 Å². The summed E-state index contributed by atoms with van der Waals surface area (Å²) < 4.78 is 32.6. The number of para-hydroxylation sites is 1. The molecule has 0 aliphatic heterocycles. The molecule has 0 fully saturated rings. The lowest BCUT2D eigenvalue weighted by Gasteiger charge is -2.20. The van der Waals surface area contributed by atoms with Crippen LogP contribution < -0.4 is 10.1 Å². The van der Waals surface area contributed by atoms with Gasteiger partial charge in [-0.05, 0) is 43.7 Å². The van der Waals surface area contributed by atoms with Crippen molar-refractivity contribution in [1.29, 1.82) is 0 Å². The number of ether oxygens (including phenoxy) is 1. The Hall–Kier alpha value is -2.38. The van der Waals surface area contributed by atoms with Crippen LogP contribution in [0.25, 0.3) is 0 Å². The van der Waals surface area contributed by atoms with Gasteiger partial charge in [-0.1, -0.05) is 38.1 Å². The molecule has 0 bridgehead atoms. The highest BCUT2D eigenvalue weighted by atomic mass is 32.2. The smallest absolute Gasteiger partial charge is 0.265 e. The number of anilines is 1. The van der Waals surface area contributed by atoms with Crippen LogP contribution in [-0.4, -0.2) is 37.8 Å². The fourth-order valence-corrected chi connectivity index (χ4v) is 4.37. The molecule has 0 saturated carbocycles. The van der Waals surface area contributed by atoms with Crippen LogP contribution >= 0.6 is 0 Å². The standard InChI is InChI=1S/C20H26N2O4S/c1-5-22(6-2)27(24,25)19-14-17(13-12-15(19)3)21-20(23)16(4)26-18-10-8-7-9-11-18/h7-14,16H,5-6H2,1-4H3,(H,21,23)/t16-/m0/s1. The molecular weight excluding hydrogens is 364 g/mol. The molecule has 7 heteroatoms. The van der Waals surface area contributed by atoms with Crippen molar-refractivity contribution in [1.82, 2.24) is 4.31 Å².